The van der Waals surface area contributed by atoms with Crippen LogP contribution >= 0.6 is 0 Å². The maximum atomic E-state index is 13.7. The van der Waals surface area contributed by atoms with Crippen LogP contribution in [0.5, 0.6) is 0 Å². The topological polar surface area (TPSA) is 57.9 Å². The molecule has 0 spiro atoms. The molecule has 102 valence electrons. The zero-order chi connectivity index (χ0) is 14.9. The summed E-state index contributed by atoms with van der Waals surface area (Å²) in [5, 5.41) is 9.07. The largest absolute Gasteiger partial charge is 0.224 e. The molecule has 0 atom stereocenters. The second kappa shape index (κ2) is 5.02. The molecular weight excluding hydrogens is 284 g/mol. The zero-order valence-electron chi connectivity index (χ0n) is 10.4. The number of nitrogens with zero attached hydrogens (tertiary/aromatic N) is 1. The van der Waals surface area contributed by atoms with Crippen molar-refractivity contribution in [2.24, 2.45) is 0 Å². The van der Waals surface area contributed by atoms with Crippen LogP contribution in [-0.2, 0) is 9.84 Å². The number of hydrogen-bond donors (Lipinski definition) is 0. The number of benzene rings is 2. The highest BCUT2D eigenvalue weighted by atomic mass is 32.2. The van der Waals surface area contributed by atoms with Crippen molar-refractivity contribution in [3.05, 3.63) is 53.6 Å². The van der Waals surface area contributed by atoms with Crippen molar-refractivity contribution in [2.45, 2.75) is 4.90 Å². The van der Waals surface area contributed by atoms with Gasteiger partial charge in [0.1, 0.15) is 11.6 Å². The third kappa shape index (κ3) is 2.68. The molecule has 0 aromatic heterocycles. The number of hydrogen-bond acceptors (Lipinski definition) is 3. The van der Waals surface area contributed by atoms with E-state index in [1.165, 1.54) is 24.3 Å². The summed E-state index contributed by atoms with van der Waals surface area (Å²) in [6, 6.07) is 8.61. The van der Waals surface area contributed by atoms with Crippen molar-refractivity contribution < 1.29 is 17.2 Å². The maximum absolute atomic E-state index is 13.7. The molecule has 0 bridgehead atoms. The molecule has 0 unspecified atom stereocenters. The standard InChI is InChI=1S/C14H9F2NO2S/c1-20(18,19)11-3-5-12(9(6-11)8-17)13-4-2-10(15)7-14(13)16/h2-7H,1H3. The van der Waals surface area contributed by atoms with E-state index in [9.17, 15) is 17.2 Å². The highest BCUT2D eigenvalue weighted by Gasteiger charge is 2.14. The summed E-state index contributed by atoms with van der Waals surface area (Å²) >= 11 is 0. The van der Waals surface area contributed by atoms with Gasteiger partial charge in [-0.15, -0.1) is 0 Å². The fraction of sp³-hybridized carbons (Fsp3) is 0.0714. The van der Waals surface area contributed by atoms with Crippen molar-refractivity contribution in [1.29, 1.82) is 5.26 Å². The zero-order valence-corrected chi connectivity index (χ0v) is 11.2. The van der Waals surface area contributed by atoms with Crippen LogP contribution in [0.25, 0.3) is 11.1 Å². The highest BCUT2D eigenvalue weighted by Crippen LogP contribution is 2.28. The summed E-state index contributed by atoms with van der Waals surface area (Å²) in [6.45, 7) is 0. The lowest BCUT2D eigenvalue weighted by atomic mass is 10.00. The first kappa shape index (κ1) is 14.2. The molecule has 2 rings (SSSR count). The van der Waals surface area contributed by atoms with Gasteiger partial charge in [-0.05, 0) is 24.3 Å². The predicted octanol–water partition coefficient (Wildman–Crippen LogP) is 2.91. The van der Waals surface area contributed by atoms with Gasteiger partial charge in [-0.3, -0.25) is 0 Å². The Balaban J connectivity index is 2.67. The third-order valence-electron chi connectivity index (χ3n) is 2.76. The Morgan fingerprint density at radius 1 is 1.05 bits per heavy atom. The van der Waals surface area contributed by atoms with E-state index < -0.39 is 21.5 Å². The molecule has 0 amide bonds. The molecule has 6 heteroatoms. The lowest BCUT2D eigenvalue weighted by molar-refractivity contribution is 0.585. The van der Waals surface area contributed by atoms with Gasteiger partial charge < -0.3 is 0 Å². The van der Waals surface area contributed by atoms with E-state index in [1.54, 1.807) is 0 Å². The quantitative estimate of drug-likeness (QED) is 0.855. The van der Waals surface area contributed by atoms with Gasteiger partial charge in [-0.2, -0.15) is 5.26 Å². The van der Waals surface area contributed by atoms with Crippen LogP contribution in [0.15, 0.2) is 41.3 Å². The van der Waals surface area contributed by atoms with Crippen LogP contribution in [0.2, 0.25) is 0 Å². The van der Waals surface area contributed by atoms with E-state index in [4.69, 9.17) is 5.26 Å². The van der Waals surface area contributed by atoms with Crippen molar-refractivity contribution in [1.82, 2.24) is 0 Å². The van der Waals surface area contributed by atoms with Gasteiger partial charge in [0.15, 0.2) is 9.84 Å². The van der Waals surface area contributed by atoms with E-state index in [0.717, 1.165) is 12.3 Å². The van der Waals surface area contributed by atoms with E-state index >= 15 is 0 Å². The molecule has 3 nitrogen and oxygen atoms in total. The molecule has 0 saturated carbocycles. The summed E-state index contributed by atoms with van der Waals surface area (Å²) in [4.78, 5) is -0.0275. The molecule has 0 aliphatic carbocycles. The van der Waals surface area contributed by atoms with E-state index in [2.05, 4.69) is 0 Å². The first-order valence-corrected chi connectivity index (χ1v) is 7.41. The molecule has 20 heavy (non-hydrogen) atoms. The molecule has 0 fully saturated rings. The number of rotatable bonds is 2. The van der Waals surface area contributed by atoms with Crippen molar-refractivity contribution >= 4 is 9.84 Å². The summed E-state index contributed by atoms with van der Waals surface area (Å²) < 4.78 is 49.5. The second-order valence-corrected chi connectivity index (χ2v) is 6.23. The molecule has 2 aromatic rings. The molecule has 0 saturated heterocycles. The Kier molecular flexibility index (Phi) is 3.55. The summed E-state index contributed by atoms with van der Waals surface area (Å²) in [5.41, 5.74) is 0.277. The summed E-state index contributed by atoms with van der Waals surface area (Å²) in [5.74, 6) is -1.54. The Morgan fingerprint density at radius 3 is 2.25 bits per heavy atom. The second-order valence-electron chi connectivity index (χ2n) is 4.22. The van der Waals surface area contributed by atoms with Gasteiger partial charge in [0.2, 0.25) is 0 Å². The molecule has 2 aromatic carbocycles. The van der Waals surface area contributed by atoms with Crippen LogP contribution in [0, 0.1) is 23.0 Å². The first-order chi connectivity index (χ1) is 9.32. The minimum absolute atomic E-state index is 0.0124. The van der Waals surface area contributed by atoms with E-state index in [1.807, 2.05) is 6.07 Å². The molecule has 0 radical (unpaired) electrons. The molecular formula is C14H9F2NO2S. The van der Waals surface area contributed by atoms with Crippen molar-refractivity contribution in [3.8, 4) is 17.2 Å². The monoisotopic (exact) mass is 293 g/mol. The summed E-state index contributed by atoms with van der Waals surface area (Å²) in [7, 11) is -3.46. The maximum Gasteiger partial charge on any atom is 0.175 e. The fourth-order valence-corrected chi connectivity index (χ4v) is 2.44. The average Bonchev–Trinajstić information content (AvgIpc) is 2.37. The Bertz CT molecular complexity index is 824. The minimum atomic E-state index is -3.46. The minimum Gasteiger partial charge on any atom is -0.224 e. The van der Waals surface area contributed by atoms with Crippen molar-refractivity contribution in [3.63, 3.8) is 0 Å². The average molecular weight is 293 g/mol. The SMILES string of the molecule is CS(=O)(=O)c1ccc(-c2ccc(F)cc2F)c(C#N)c1. The Hall–Kier alpha value is -2.26. The fourth-order valence-electron chi connectivity index (χ4n) is 1.79. The summed E-state index contributed by atoms with van der Waals surface area (Å²) in [6.07, 6.45) is 1.02. The lowest BCUT2D eigenvalue weighted by Gasteiger charge is -2.07. The number of nitriles is 1. The Morgan fingerprint density at radius 2 is 1.70 bits per heavy atom. The van der Waals surface area contributed by atoms with Gasteiger partial charge >= 0.3 is 0 Å². The van der Waals surface area contributed by atoms with Crippen LogP contribution in [0.3, 0.4) is 0 Å². The molecule has 0 heterocycles. The smallest absolute Gasteiger partial charge is 0.175 e. The van der Waals surface area contributed by atoms with Crippen LogP contribution in [-0.4, -0.2) is 14.7 Å². The van der Waals surface area contributed by atoms with Gasteiger partial charge in [0.25, 0.3) is 0 Å². The molecule has 0 aliphatic heterocycles. The van der Waals surface area contributed by atoms with Gasteiger partial charge in [0, 0.05) is 23.4 Å². The molecule has 0 aliphatic rings. The Labute approximate surface area is 115 Å². The van der Waals surface area contributed by atoms with E-state index in [0.29, 0.717) is 6.07 Å². The first-order valence-electron chi connectivity index (χ1n) is 5.52. The normalized spacial score (nSPS) is 11.1. The molecule has 0 N–H and O–H groups in total. The van der Waals surface area contributed by atoms with Gasteiger partial charge in [-0.25, -0.2) is 17.2 Å². The van der Waals surface area contributed by atoms with Crippen LogP contribution in [0.4, 0.5) is 8.78 Å². The van der Waals surface area contributed by atoms with E-state index in [-0.39, 0.29) is 21.6 Å². The number of halogens is 2. The number of sulfone groups is 1. The van der Waals surface area contributed by atoms with Crippen molar-refractivity contribution in [2.75, 3.05) is 6.26 Å². The third-order valence-corrected chi connectivity index (χ3v) is 3.87. The lowest BCUT2D eigenvalue weighted by Crippen LogP contribution is -1.99. The van der Waals surface area contributed by atoms with Crippen LogP contribution in [0.1, 0.15) is 5.56 Å². The van der Waals surface area contributed by atoms with Crippen LogP contribution < -0.4 is 0 Å². The van der Waals surface area contributed by atoms with Gasteiger partial charge in [0.05, 0.1) is 16.5 Å². The van der Waals surface area contributed by atoms with Gasteiger partial charge in [-0.1, -0.05) is 6.07 Å². The highest BCUT2D eigenvalue weighted by molar-refractivity contribution is 7.90. The predicted molar refractivity (Wildman–Crippen MR) is 69.6 cm³/mol.